The number of nitrogens with zero attached hydrogens (tertiary/aromatic N) is 2. The molecular weight excluding hydrogens is 480 g/mol. The smallest absolute Gasteiger partial charge is 0.262 e. The van der Waals surface area contributed by atoms with Crippen molar-refractivity contribution in [1.82, 2.24) is 15.5 Å². The Morgan fingerprint density at radius 3 is 2.66 bits per heavy atom. The third kappa shape index (κ3) is 7.93. The number of rotatable bonds is 11. The zero-order valence-corrected chi connectivity index (χ0v) is 22.6. The standard InChI is InChI=1S/C30H38N4O4/c1-21-18-25(7-6-24(21)19-22(2)32-11-12-34-13-16-37-17-14-34)28-9-8-27(38-28)23(3)26(20-31)29(36)33-30(4,5)10-15-35/h6-9,18-19,32,35H,1-2,10-17H2,3-5H3,(H,33,36)/b24-19-,26-23+. The summed E-state index contributed by atoms with van der Waals surface area (Å²) < 4.78 is 11.4. The van der Waals surface area contributed by atoms with Crippen molar-refractivity contribution in [2.45, 2.75) is 32.7 Å². The largest absolute Gasteiger partial charge is 0.456 e. The molecule has 1 aliphatic heterocycles. The van der Waals surface area contributed by atoms with Gasteiger partial charge in [0.1, 0.15) is 23.2 Å². The van der Waals surface area contributed by atoms with Crippen LogP contribution in [0, 0.1) is 11.3 Å². The number of allylic oxidation sites excluding steroid dienone is 2. The van der Waals surface area contributed by atoms with Gasteiger partial charge in [-0.05, 0) is 61.9 Å². The second-order valence-electron chi connectivity index (χ2n) is 10.1. The molecule has 8 nitrogen and oxygen atoms in total. The fourth-order valence-electron chi connectivity index (χ4n) is 4.17. The van der Waals surface area contributed by atoms with E-state index in [9.17, 15) is 15.2 Å². The topological polar surface area (TPSA) is 111 Å². The molecule has 0 atom stereocenters. The summed E-state index contributed by atoms with van der Waals surface area (Å²) in [6.45, 7) is 18.7. The predicted molar refractivity (Wildman–Crippen MR) is 150 cm³/mol. The fourth-order valence-corrected chi connectivity index (χ4v) is 4.17. The number of morpholine rings is 1. The van der Waals surface area contributed by atoms with Gasteiger partial charge in [-0.1, -0.05) is 25.3 Å². The van der Waals surface area contributed by atoms with Gasteiger partial charge in [-0.3, -0.25) is 9.69 Å². The molecule has 0 spiro atoms. The van der Waals surface area contributed by atoms with Gasteiger partial charge in [0.2, 0.25) is 0 Å². The lowest BCUT2D eigenvalue weighted by Gasteiger charge is -2.26. The first kappa shape index (κ1) is 28.9. The molecule has 0 aliphatic carbocycles. The monoisotopic (exact) mass is 518 g/mol. The summed E-state index contributed by atoms with van der Waals surface area (Å²) in [6.07, 6.45) is 2.35. The minimum absolute atomic E-state index is 0.0284. The normalized spacial score (nSPS) is 15.5. The number of nitrogens with one attached hydrogen (secondary N) is 2. The van der Waals surface area contributed by atoms with Crippen molar-refractivity contribution in [3.63, 3.8) is 0 Å². The number of nitriles is 1. The highest BCUT2D eigenvalue weighted by Crippen LogP contribution is 2.27. The number of furan rings is 1. The number of carbonyl (C=O) groups is 1. The summed E-state index contributed by atoms with van der Waals surface area (Å²) in [7, 11) is 0. The highest BCUT2D eigenvalue weighted by Gasteiger charge is 2.24. The van der Waals surface area contributed by atoms with Gasteiger partial charge in [0.05, 0.1) is 13.2 Å². The summed E-state index contributed by atoms with van der Waals surface area (Å²) in [6, 6.07) is 11.4. The maximum absolute atomic E-state index is 12.7. The number of amides is 1. The molecular formula is C30H38N4O4. The Kier molecular flexibility index (Phi) is 10.1. The summed E-state index contributed by atoms with van der Waals surface area (Å²) in [4.78, 5) is 15.1. The molecule has 3 rings (SSSR count). The lowest BCUT2D eigenvalue weighted by atomic mass is 9.99. The van der Waals surface area contributed by atoms with Crippen molar-refractivity contribution in [1.29, 1.82) is 5.26 Å². The maximum atomic E-state index is 12.7. The molecule has 2 aromatic rings. The summed E-state index contributed by atoms with van der Waals surface area (Å²) >= 11 is 0. The number of hydrogen-bond acceptors (Lipinski definition) is 7. The average molecular weight is 519 g/mol. The molecule has 0 saturated carbocycles. The molecule has 1 amide bonds. The van der Waals surface area contributed by atoms with Crippen molar-refractivity contribution in [2.24, 2.45) is 0 Å². The van der Waals surface area contributed by atoms with Gasteiger partial charge in [0.15, 0.2) is 0 Å². The van der Waals surface area contributed by atoms with E-state index in [-0.39, 0.29) is 12.2 Å². The van der Waals surface area contributed by atoms with Crippen LogP contribution in [0.3, 0.4) is 0 Å². The van der Waals surface area contributed by atoms with E-state index in [1.165, 1.54) is 0 Å². The third-order valence-corrected chi connectivity index (χ3v) is 6.52. The molecule has 0 unspecified atom stereocenters. The molecule has 38 heavy (non-hydrogen) atoms. The van der Waals surface area contributed by atoms with Gasteiger partial charge in [0, 0.05) is 55.2 Å². The van der Waals surface area contributed by atoms with Crippen LogP contribution in [0.25, 0.3) is 29.6 Å². The van der Waals surface area contributed by atoms with E-state index in [1.54, 1.807) is 26.8 Å². The van der Waals surface area contributed by atoms with Crippen molar-refractivity contribution in [2.75, 3.05) is 46.0 Å². The minimum Gasteiger partial charge on any atom is -0.456 e. The van der Waals surface area contributed by atoms with Gasteiger partial charge in [0.25, 0.3) is 5.91 Å². The van der Waals surface area contributed by atoms with Gasteiger partial charge >= 0.3 is 0 Å². The molecule has 8 heteroatoms. The predicted octanol–water partition coefficient (Wildman–Crippen LogP) is 2.15. The highest BCUT2D eigenvalue weighted by molar-refractivity contribution is 6.04. The van der Waals surface area contributed by atoms with Crippen LogP contribution in [-0.2, 0) is 9.53 Å². The van der Waals surface area contributed by atoms with Crippen LogP contribution >= 0.6 is 0 Å². The number of ether oxygens (including phenoxy) is 1. The highest BCUT2D eigenvalue weighted by atomic mass is 16.5. The van der Waals surface area contributed by atoms with E-state index in [1.807, 2.05) is 36.4 Å². The first-order valence-electron chi connectivity index (χ1n) is 12.8. The van der Waals surface area contributed by atoms with Crippen LogP contribution in [0.4, 0.5) is 0 Å². The molecule has 1 aromatic carbocycles. The van der Waals surface area contributed by atoms with Gasteiger partial charge in [-0.25, -0.2) is 0 Å². The van der Waals surface area contributed by atoms with Gasteiger partial charge in [-0.15, -0.1) is 0 Å². The molecule has 1 fully saturated rings. The maximum Gasteiger partial charge on any atom is 0.262 e. The molecule has 2 heterocycles. The van der Waals surface area contributed by atoms with Gasteiger partial charge < -0.3 is 24.9 Å². The minimum atomic E-state index is -0.643. The Bertz CT molecular complexity index is 1330. The molecule has 1 aliphatic rings. The number of benzene rings is 1. The van der Waals surface area contributed by atoms with Crippen LogP contribution in [0.1, 0.15) is 33.0 Å². The first-order valence-corrected chi connectivity index (χ1v) is 12.8. The van der Waals surface area contributed by atoms with E-state index < -0.39 is 11.4 Å². The van der Waals surface area contributed by atoms with Crippen LogP contribution in [0.15, 0.2) is 52.6 Å². The van der Waals surface area contributed by atoms with Crippen molar-refractivity contribution >= 4 is 24.1 Å². The lowest BCUT2D eigenvalue weighted by Crippen LogP contribution is -2.44. The Morgan fingerprint density at radius 1 is 1.26 bits per heavy atom. The SMILES string of the molecule is C=C(/C=c1/ccc(-c2ccc(/C(C)=C(\C#N)C(=O)NC(C)(C)CCO)o2)cc1=C)NCCN1CCOCC1. The van der Waals surface area contributed by atoms with E-state index in [0.717, 1.165) is 61.1 Å². The zero-order chi connectivity index (χ0) is 27.7. The molecule has 3 N–H and O–H groups in total. The second-order valence-corrected chi connectivity index (χ2v) is 10.1. The fraction of sp³-hybridized carbons (Fsp3) is 0.400. The van der Waals surface area contributed by atoms with E-state index in [2.05, 4.69) is 28.7 Å². The van der Waals surface area contributed by atoms with Crippen molar-refractivity contribution in [3.05, 3.63) is 64.4 Å². The summed E-state index contributed by atoms with van der Waals surface area (Å²) in [5.41, 5.74) is 1.43. The van der Waals surface area contributed by atoms with E-state index >= 15 is 0 Å². The Hall–Kier alpha value is -3.64. The Labute approximate surface area is 224 Å². The Morgan fingerprint density at radius 2 is 2.00 bits per heavy atom. The van der Waals surface area contributed by atoms with Crippen molar-refractivity contribution < 1.29 is 19.1 Å². The molecule has 0 radical (unpaired) electrons. The number of aliphatic hydroxyl groups excluding tert-OH is 1. The number of aliphatic hydroxyl groups is 1. The van der Waals surface area contributed by atoms with Crippen LogP contribution < -0.4 is 21.1 Å². The van der Waals surface area contributed by atoms with E-state index in [0.29, 0.717) is 23.5 Å². The molecule has 1 aromatic heterocycles. The van der Waals surface area contributed by atoms with Crippen LogP contribution in [0.5, 0.6) is 0 Å². The average Bonchev–Trinajstić information content (AvgIpc) is 3.36. The zero-order valence-electron chi connectivity index (χ0n) is 22.6. The molecule has 1 saturated heterocycles. The molecule has 0 bridgehead atoms. The number of carbonyl (C=O) groups excluding carboxylic acids is 1. The summed E-state index contributed by atoms with van der Waals surface area (Å²) in [5.74, 6) is 0.544. The van der Waals surface area contributed by atoms with E-state index in [4.69, 9.17) is 9.15 Å². The second kappa shape index (κ2) is 13.2. The van der Waals surface area contributed by atoms with Crippen molar-refractivity contribution in [3.8, 4) is 17.4 Å². The lowest BCUT2D eigenvalue weighted by molar-refractivity contribution is -0.118. The van der Waals surface area contributed by atoms with Crippen LogP contribution in [0.2, 0.25) is 0 Å². The summed E-state index contributed by atoms with van der Waals surface area (Å²) in [5, 5.41) is 26.8. The molecule has 202 valence electrons. The Balaban J connectivity index is 1.70. The number of hydrogen-bond donors (Lipinski definition) is 3. The quantitative estimate of drug-likeness (QED) is 0.309. The van der Waals surface area contributed by atoms with Crippen LogP contribution in [-0.4, -0.2) is 67.5 Å². The third-order valence-electron chi connectivity index (χ3n) is 6.52. The van der Waals surface area contributed by atoms with Gasteiger partial charge in [-0.2, -0.15) is 5.26 Å². The first-order chi connectivity index (χ1) is 18.1.